The highest BCUT2D eigenvalue weighted by Crippen LogP contribution is 2.15. The van der Waals surface area contributed by atoms with Crippen LogP contribution in [-0.4, -0.2) is 42.5 Å². The minimum absolute atomic E-state index is 0.0166. The summed E-state index contributed by atoms with van der Waals surface area (Å²) in [6.45, 7) is 3.02. The smallest absolute Gasteiger partial charge is 0.251 e. The lowest BCUT2D eigenvalue weighted by molar-refractivity contribution is 0.0939. The van der Waals surface area contributed by atoms with Crippen molar-refractivity contribution in [1.29, 1.82) is 0 Å². The number of amides is 1. The van der Waals surface area contributed by atoms with E-state index in [4.69, 9.17) is 0 Å². The number of aromatic nitrogens is 1. The van der Waals surface area contributed by atoms with Crippen LogP contribution in [0.5, 0.6) is 0 Å². The molecule has 18 heavy (non-hydrogen) atoms. The molecule has 4 nitrogen and oxygen atoms in total. The van der Waals surface area contributed by atoms with Gasteiger partial charge in [0.2, 0.25) is 0 Å². The summed E-state index contributed by atoms with van der Waals surface area (Å²) in [4.78, 5) is 18.3. The molecular weight excluding hydrogens is 294 g/mol. The van der Waals surface area contributed by atoms with Crippen molar-refractivity contribution in [2.24, 2.45) is 5.92 Å². The molecule has 0 aromatic carbocycles. The molecule has 0 atom stereocenters. The van der Waals surface area contributed by atoms with Gasteiger partial charge in [-0.3, -0.25) is 4.79 Å². The molecule has 0 radical (unpaired) electrons. The minimum atomic E-state index is -0.0166. The Labute approximate surface area is 116 Å². The van der Waals surface area contributed by atoms with Crippen LogP contribution in [0.3, 0.4) is 0 Å². The lowest BCUT2D eigenvalue weighted by Crippen LogP contribution is -2.36. The van der Waals surface area contributed by atoms with Gasteiger partial charge in [0.15, 0.2) is 0 Å². The highest BCUT2D eigenvalue weighted by molar-refractivity contribution is 9.10. The first kappa shape index (κ1) is 13.5. The van der Waals surface area contributed by atoms with E-state index >= 15 is 0 Å². The Hall–Kier alpha value is -0.940. The molecule has 0 bridgehead atoms. The summed E-state index contributed by atoms with van der Waals surface area (Å²) in [5, 5.41) is 3.00. The number of nitrogens with one attached hydrogen (secondary N) is 1. The first-order valence-corrected chi connectivity index (χ1v) is 7.03. The van der Waals surface area contributed by atoms with Crippen molar-refractivity contribution >= 4 is 21.8 Å². The van der Waals surface area contributed by atoms with E-state index in [-0.39, 0.29) is 5.91 Å². The molecule has 0 spiro atoms. The van der Waals surface area contributed by atoms with Crippen LogP contribution in [0.25, 0.3) is 0 Å². The average molecular weight is 312 g/mol. The molecule has 98 valence electrons. The van der Waals surface area contributed by atoms with Gasteiger partial charge in [-0.1, -0.05) is 0 Å². The largest absolute Gasteiger partial charge is 0.352 e. The van der Waals surface area contributed by atoms with Crippen molar-refractivity contribution in [3.05, 3.63) is 28.5 Å². The molecule has 0 aliphatic carbocycles. The number of carbonyl (C=O) groups is 1. The van der Waals surface area contributed by atoms with Crippen LogP contribution in [0.4, 0.5) is 0 Å². The van der Waals surface area contributed by atoms with Crippen LogP contribution in [0.15, 0.2) is 22.9 Å². The van der Waals surface area contributed by atoms with E-state index in [1.807, 2.05) is 0 Å². The Kier molecular flexibility index (Phi) is 4.72. The zero-order valence-corrected chi connectivity index (χ0v) is 12.1. The van der Waals surface area contributed by atoms with E-state index in [1.54, 1.807) is 18.3 Å². The molecule has 2 rings (SSSR count). The fourth-order valence-corrected chi connectivity index (χ4v) is 2.51. The number of likely N-dealkylation sites (tertiary alicyclic amines) is 1. The monoisotopic (exact) mass is 311 g/mol. The number of halogens is 1. The van der Waals surface area contributed by atoms with E-state index in [2.05, 4.69) is 38.2 Å². The number of carbonyl (C=O) groups excluding carboxylic acids is 1. The van der Waals surface area contributed by atoms with E-state index < -0.39 is 0 Å². The molecule has 1 fully saturated rings. The zero-order valence-electron chi connectivity index (χ0n) is 10.5. The van der Waals surface area contributed by atoms with Gasteiger partial charge in [0.05, 0.1) is 0 Å². The van der Waals surface area contributed by atoms with Gasteiger partial charge in [-0.05, 0) is 67.0 Å². The van der Waals surface area contributed by atoms with Crippen molar-refractivity contribution in [3.63, 3.8) is 0 Å². The first-order valence-electron chi connectivity index (χ1n) is 6.23. The third-order valence-corrected chi connectivity index (χ3v) is 3.81. The summed E-state index contributed by atoms with van der Waals surface area (Å²) >= 11 is 3.27. The maximum absolute atomic E-state index is 11.9. The van der Waals surface area contributed by atoms with Crippen LogP contribution in [-0.2, 0) is 0 Å². The second-order valence-electron chi connectivity index (χ2n) is 4.82. The van der Waals surface area contributed by atoms with E-state index in [9.17, 15) is 4.79 Å². The van der Waals surface area contributed by atoms with Crippen LogP contribution in [0, 0.1) is 5.92 Å². The quantitative estimate of drug-likeness (QED) is 0.867. The molecule has 1 aromatic heterocycles. The summed E-state index contributed by atoms with van der Waals surface area (Å²) in [7, 11) is 2.14. The number of nitrogens with zero attached hydrogens (tertiary/aromatic N) is 2. The van der Waals surface area contributed by atoms with Gasteiger partial charge in [0.25, 0.3) is 5.91 Å². The Bertz CT molecular complexity index is 416. The fraction of sp³-hybridized carbons (Fsp3) is 0.538. The Balaban J connectivity index is 1.81. The molecule has 0 unspecified atom stereocenters. The SMILES string of the molecule is CN1CCC(CNC(=O)c2ccnc(Br)c2)CC1. The topological polar surface area (TPSA) is 45.2 Å². The van der Waals surface area contributed by atoms with Crippen molar-refractivity contribution in [1.82, 2.24) is 15.2 Å². The standard InChI is InChI=1S/C13H18BrN3O/c1-17-6-3-10(4-7-17)9-16-13(18)11-2-5-15-12(14)8-11/h2,5,8,10H,3-4,6-7,9H2,1H3,(H,16,18). The van der Waals surface area contributed by atoms with Crippen molar-refractivity contribution in [2.45, 2.75) is 12.8 Å². The predicted molar refractivity (Wildman–Crippen MR) is 74.5 cm³/mol. The van der Waals surface area contributed by atoms with E-state index in [0.29, 0.717) is 16.1 Å². The highest BCUT2D eigenvalue weighted by atomic mass is 79.9. The predicted octanol–water partition coefficient (Wildman–Crippen LogP) is 1.92. The number of hydrogen-bond donors (Lipinski definition) is 1. The third kappa shape index (κ3) is 3.78. The molecule has 1 N–H and O–H groups in total. The minimum Gasteiger partial charge on any atom is -0.352 e. The molecule has 2 heterocycles. The van der Waals surface area contributed by atoms with E-state index in [0.717, 1.165) is 32.5 Å². The normalized spacial score (nSPS) is 17.7. The van der Waals surface area contributed by atoms with Gasteiger partial charge in [0, 0.05) is 18.3 Å². The first-order chi connectivity index (χ1) is 8.65. The van der Waals surface area contributed by atoms with Gasteiger partial charge in [-0.2, -0.15) is 0 Å². The van der Waals surface area contributed by atoms with Crippen LogP contribution >= 0.6 is 15.9 Å². The van der Waals surface area contributed by atoms with Crippen LogP contribution in [0.2, 0.25) is 0 Å². The lowest BCUT2D eigenvalue weighted by atomic mass is 9.97. The second-order valence-corrected chi connectivity index (χ2v) is 5.64. The maximum Gasteiger partial charge on any atom is 0.251 e. The average Bonchev–Trinajstić information content (AvgIpc) is 2.38. The van der Waals surface area contributed by atoms with Crippen LogP contribution in [0.1, 0.15) is 23.2 Å². The van der Waals surface area contributed by atoms with E-state index in [1.165, 1.54) is 0 Å². The molecule has 0 saturated carbocycles. The fourth-order valence-electron chi connectivity index (χ4n) is 2.15. The van der Waals surface area contributed by atoms with Crippen LogP contribution < -0.4 is 5.32 Å². The van der Waals surface area contributed by atoms with Gasteiger partial charge < -0.3 is 10.2 Å². The maximum atomic E-state index is 11.9. The van der Waals surface area contributed by atoms with Gasteiger partial charge in [-0.15, -0.1) is 0 Å². The summed E-state index contributed by atoms with van der Waals surface area (Å²) in [5.41, 5.74) is 0.657. The summed E-state index contributed by atoms with van der Waals surface area (Å²) < 4.78 is 0.689. The molecule has 5 heteroatoms. The number of hydrogen-bond acceptors (Lipinski definition) is 3. The van der Waals surface area contributed by atoms with Gasteiger partial charge in [-0.25, -0.2) is 4.98 Å². The van der Waals surface area contributed by atoms with Crippen molar-refractivity contribution in [2.75, 3.05) is 26.7 Å². The van der Waals surface area contributed by atoms with Gasteiger partial charge >= 0.3 is 0 Å². The number of rotatable bonds is 3. The molecule has 1 aromatic rings. The highest BCUT2D eigenvalue weighted by Gasteiger charge is 2.17. The summed E-state index contributed by atoms with van der Waals surface area (Å²) in [5.74, 6) is 0.590. The Morgan fingerprint density at radius 3 is 2.94 bits per heavy atom. The lowest BCUT2D eigenvalue weighted by Gasteiger charge is -2.28. The third-order valence-electron chi connectivity index (χ3n) is 3.38. The molecule has 1 aliphatic rings. The summed E-state index contributed by atoms with van der Waals surface area (Å²) in [6.07, 6.45) is 3.96. The molecule has 1 saturated heterocycles. The number of piperidine rings is 1. The number of pyridine rings is 1. The van der Waals surface area contributed by atoms with Crippen molar-refractivity contribution in [3.8, 4) is 0 Å². The Morgan fingerprint density at radius 1 is 1.56 bits per heavy atom. The van der Waals surface area contributed by atoms with Crippen molar-refractivity contribution < 1.29 is 4.79 Å². The Morgan fingerprint density at radius 2 is 2.28 bits per heavy atom. The summed E-state index contributed by atoms with van der Waals surface area (Å²) in [6, 6.07) is 3.47. The molecular formula is C13H18BrN3O. The zero-order chi connectivity index (χ0) is 13.0. The molecule has 1 aliphatic heterocycles. The van der Waals surface area contributed by atoms with Gasteiger partial charge in [0.1, 0.15) is 4.60 Å². The second kappa shape index (κ2) is 6.29. The molecule has 1 amide bonds.